The van der Waals surface area contributed by atoms with Gasteiger partial charge in [0.2, 0.25) is 0 Å². The van der Waals surface area contributed by atoms with Gasteiger partial charge in [-0.1, -0.05) is 23.8 Å². The number of fused-ring (bicyclic) bond motifs is 3. The second kappa shape index (κ2) is 4.65. The second-order valence-electron chi connectivity index (χ2n) is 5.32. The number of halogens is 3. The molecule has 0 aliphatic heterocycles. The fraction of sp³-hybridized carbons (Fsp3) is 0.176. The summed E-state index contributed by atoms with van der Waals surface area (Å²) in [4.78, 5) is 0. The molecule has 21 heavy (non-hydrogen) atoms. The van der Waals surface area contributed by atoms with Crippen molar-refractivity contribution in [1.82, 2.24) is 4.57 Å². The van der Waals surface area contributed by atoms with Crippen molar-refractivity contribution >= 4 is 28.0 Å². The Morgan fingerprint density at radius 1 is 0.952 bits per heavy atom. The average Bonchev–Trinajstić information content (AvgIpc) is 2.72. The Morgan fingerprint density at radius 3 is 2.29 bits per heavy atom. The summed E-state index contributed by atoms with van der Waals surface area (Å²) in [6.45, 7) is 3.93. The number of rotatable bonds is 1. The molecule has 0 unspecified atom stereocenters. The Morgan fingerprint density at radius 2 is 1.62 bits per heavy atom. The highest BCUT2D eigenvalue weighted by Gasteiger charge is 2.30. The predicted molar refractivity (Wildman–Crippen MR) is 80.1 cm³/mol. The molecule has 0 saturated heterocycles. The van der Waals surface area contributed by atoms with Crippen LogP contribution in [0.2, 0.25) is 0 Å². The van der Waals surface area contributed by atoms with Crippen molar-refractivity contribution < 1.29 is 13.2 Å². The Kier molecular flexibility index (Phi) is 3.04. The van der Waals surface area contributed by atoms with Gasteiger partial charge in [0.1, 0.15) is 0 Å². The Bertz CT molecular complexity index is 849. The van der Waals surface area contributed by atoms with Crippen molar-refractivity contribution in [3.8, 4) is 0 Å². The molecule has 0 radical (unpaired) electrons. The number of hydrogen-bond acceptors (Lipinski definition) is 0. The first-order valence-corrected chi connectivity index (χ1v) is 6.63. The summed E-state index contributed by atoms with van der Waals surface area (Å²) < 4.78 is 40.7. The summed E-state index contributed by atoms with van der Waals surface area (Å²) in [7, 11) is 0. The van der Waals surface area contributed by atoms with Gasteiger partial charge in [0.05, 0.1) is 16.6 Å². The molecule has 0 spiro atoms. The highest BCUT2D eigenvalue weighted by molar-refractivity contribution is 6.09. The molecule has 0 N–H and O–H groups in total. The van der Waals surface area contributed by atoms with E-state index >= 15 is 0 Å². The average molecular weight is 289 g/mol. The van der Waals surface area contributed by atoms with Crippen LogP contribution in [0.4, 0.5) is 13.2 Å². The van der Waals surface area contributed by atoms with E-state index in [1.165, 1.54) is 12.1 Å². The van der Waals surface area contributed by atoms with Crippen LogP contribution in [-0.4, -0.2) is 4.57 Å². The lowest BCUT2D eigenvalue weighted by molar-refractivity contribution is -0.137. The molecule has 0 saturated carbocycles. The Hall–Kier alpha value is -2.23. The Labute approximate surface area is 120 Å². The van der Waals surface area contributed by atoms with Gasteiger partial charge in [-0.3, -0.25) is 0 Å². The summed E-state index contributed by atoms with van der Waals surface area (Å²) in [6.07, 6.45) is -2.38. The van der Waals surface area contributed by atoms with Gasteiger partial charge in [0, 0.05) is 17.0 Å². The van der Waals surface area contributed by atoms with Crippen molar-refractivity contribution in [3.05, 3.63) is 53.6 Å². The molecule has 0 aliphatic rings. The number of para-hydroxylation sites is 1. The van der Waals surface area contributed by atoms with Gasteiger partial charge in [0.25, 0.3) is 0 Å². The molecule has 4 heteroatoms. The SMILES string of the molecule is CC(C)=Cn1c2ccccc2c2cc(C(F)(F)F)ccc21. The zero-order valence-corrected chi connectivity index (χ0v) is 11.7. The minimum atomic E-state index is -4.33. The van der Waals surface area contributed by atoms with E-state index in [9.17, 15) is 13.2 Å². The van der Waals surface area contributed by atoms with Crippen LogP contribution in [0.1, 0.15) is 19.4 Å². The van der Waals surface area contributed by atoms with Crippen LogP contribution >= 0.6 is 0 Å². The molecule has 1 nitrogen and oxygen atoms in total. The molecule has 0 fully saturated rings. The smallest absolute Gasteiger partial charge is 0.316 e. The van der Waals surface area contributed by atoms with Gasteiger partial charge in [-0.25, -0.2) is 0 Å². The molecule has 1 aromatic heterocycles. The number of alkyl halides is 3. The number of benzene rings is 2. The molecule has 3 aromatic rings. The van der Waals surface area contributed by atoms with Crippen LogP contribution in [0.25, 0.3) is 28.0 Å². The number of aromatic nitrogens is 1. The van der Waals surface area contributed by atoms with Gasteiger partial charge in [-0.2, -0.15) is 13.2 Å². The summed E-state index contributed by atoms with van der Waals surface area (Å²) >= 11 is 0. The largest absolute Gasteiger partial charge is 0.416 e. The van der Waals surface area contributed by atoms with Crippen LogP contribution in [0.3, 0.4) is 0 Å². The van der Waals surface area contributed by atoms with E-state index in [1.807, 2.05) is 48.9 Å². The summed E-state index contributed by atoms with van der Waals surface area (Å²) in [5.74, 6) is 0. The van der Waals surface area contributed by atoms with Crippen molar-refractivity contribution in [2.24, 2.45) is 0 Å². The van der Waals surface area contributed by atoms with E-state index in [-0.39, 0.29) is 0 Å². The zero-order chi connectivity index (χ0) is 15.2. The number of hydrogen-bond donors (Lipinski definition) is 0. The van der Waals surface area contributed by atoms with E-state index in [4.69, 9.17) is 0 Å². The first-order valence-electron chi connectivity index (χ1n) is 6.63. The fourth-order valence-corrected chi connectivity index (χ4v) is 2.58. The van der Waals surface area contributed by atoms with E-state index in [1.54, 1.807) is 0 Å². The van der Waals surface area contributed by atoms with Crippen LogP contribution in [0, 0.1) is 0 Å². The molecule has 0 bridgehead atoms. The minimum absolute atomic E-state index is 0.616. The van der Waals surface area contributed by atoms with E-state index < -0.39 is 11.7 Å². The fourth-order valence-electron chi connectivity index (χ4n) is 2.58. The first kappa shape index (κ1) is 13.7. The van der Waals surface area contributed by atoms with Crippen molar-refractivity contribution in [2.75, 3.05) is 0 Å². The molecule has 0 aliphatic carbocycles. The molecule has 3 rings (SSSR count). The van der Waals surface area contributed by atoms with Crippen LogP contribution in [0.15, 0.2) is 48.0 Å². The van der Waals surface area contributed by atoms with Crippen molar-refractivity contribution in [2.45, 2.75) is 20.0 Å². The van der Waals surface area contributed by atoms with E-state index in [0.717, 1.165) is 28.1 Å². The lowest BCUT2D eigenvalue weighted by Crippen LogP contribution is -2.04. The molecule has 2 aromatic carbocycles. The molecule has 108 valence electrons. The Balaban J connectivity index is 2.43. The molecule has 0 atom stereocenters. The van der Waals surface area contributed by atoms with Crippen molar-refractivity contribution in [3.63, 3.8) is 0 Å². The molecular weight excluding hydrogens is 275 g/mol. The topological polar surface area (TPSA) is 4.93 Å². The van der Waals surface area contributed by atoms with Gasteiger partial charge >= 0.3 is 6.18 Å². The zero-order valence-electron chi connectivity index (χ0n) is 11.7. The van der Waals surface area contributed by atoms with Gasteiger partial charge < -0.3 is 4.57 Å². The monoisotopic (exact) mass is 289 g/mol. The maximum Gasteiger partial charge on any atom is 0.416 e. The number of nitrogens with zero attached hydrogens (tertiary/aromatic N) is 1. The third-order valence-corrected chi connectivity index (χ3v) is 3.42. The lowest BCUT2D eigenvalue weighted by Gasteiger charge is -2.07. The quantitative estimate of drug-likeness (QED) is 0.542. The van der Waals surface area contributed by atoms with Crippen LogP contribution in [-0.2, 0) is 6.18 Å². The molecule has 1 heterocycles. The summed E-state index contributed by atoms with van der Waals surface area (Å²) in [5.41, 5.74) is 2.16. The normalized spacial score (nSPS) is 12.0. The summed E-state index contributed by atoms with van der Waals surface area (Å²) in [6, 6.07) is 11.4. The predicted octanol–water partition coefficient (Wildman–Crippen LogP) is 5.69. The number of allylic oxidation sites excluding steroid dienone is 1. The molecule has 0 amide bonds. The van der Waals surface area contributed by atoms with Crippen LogP contribution < -0.4 is 0 Å². The molecular formula is C17H14F3N. The van der Waals surface area contributed by atoms with Gasteiger partial charge in [-0.05, 0) is 38.1 Å². The van der Waals surface area contributed by atoms with E-state index in [0.29, 0.717) is 5.39 Å². The van der Waals surface area contributed by atoms with Crippen LogP contribution in [0.5, 0.6) is 0 Å². The van der Waals surface area contributed by atoms with E-state index in [2.05, 4.69) is 0 Å². The summed E-state index contributed by atoms with van der Waals surface area (Å²) in [5, 5.41) is 1.45. The lowest BCUT2D eigenvalue weighted by atomic mass is 10.1. The standard InChI is InChI=1S/C17H14F3N/c1-11(2)10-21-15-6-4-3-5-13(15)14-9-12(17(18,19)20)7-8-16(14)21/h3-10H,1-2H3. The van der Waals surface area contributed by atoms with Gasteiger partial charge in [0.15, 0.2) is 0 Å². The highest BCUT2D eigenvalue weighted by Crippen LogP contribution is 2.35. The minimum Gasteiger partial charge on any atom is -0.316 e. The third-order valence-electron chi connectivity index (χ3n) is 3.42. The third kappa shape index (κ3) is 2.31. The van der Waals surface area contributed by atoms with Gasteiger partial charge in [-0.15, -0.1) is 0 Å². The maximum atomic E-state index is 12.9. The first-order chi connectivity index (χ1) is 9.88. The highest BCUT2D eigenvalue weighted by atomic mass is 19.4. The van der Waals surface area contributed by atoms with Crippen molar-refractivity contribution in [1.29, 1.82) is 0 Å². The maximum absolute atomic E-state index is 12.9. The second-order valence-corrected chi connectivity index (χ2v) is 5.32.